The average molecular weight is 327 g/mol. The number of halogens is 3. The lowest BCUT2D eigenvalue weighted by molar-refractivity contribution is -0.138. The normalized spacial score (nSPS) is 22.7. The van der Waals surface area contributed by atoms with E-state index in [0.717, 1.165) is 25.7 Å². The van der Waals surface area contributed by atoms with Crippen molar-refractivity contribution in [2.24, 2.45) is 0 Å². The molecule has 0 spiro atoms. The summed E-state index contributed by atoms with van der Waals surface area (Å²) in [7, 11) is 3.98. The van der Waals surface area contributed by atoms with Crippen LogP contribution >= 0.6 is 0 Å². The van der Waals surface area contributed by atoms with E-state index in [9.17, 15) is 13.2 Å². The summed E-state index contributed by atoms with van der Waals surface area (Å²) in [5, 5.41) is 6.33. The minimum atomic E-state index is -4.48. The number of fused-ring (bicyclic) bond motifs is 1. The standard InChI is InChI=1S/C16H20F3N3O/c1-22(2)10-4-3-5-11(8-10)23-14-7-6-13-12(9-20-21-13)15(14)16(17,18)19/h6-7,9-11H,3-5,8H2,1-2H3,(H,20,21). The van der Waals surface area contributed by atoms with Crippen LogP contribution in [0.15, 0.2) is 18.3 Å². The van der Waals surface area contributed by atoms with Crippen LogP contribution in [0.2, 0.25) is 0 Å². The molecule has 1 saturated carbocycles. The Hall–Kier alpha value is -1.76. The highest BCUT2D eigenvalue weighted by molar-refractivity contribution is 5.84. The summed E-state index contributed by atoms with van der Waals surface area (Å²) < 4.78 is 46.2. The van der Waals surface area contributed by atoms with E-state index in [2.05, 4.69) is 15.1 Å². The molecule has 1 aliphatic carbocycles. The van der Waals surface area contributed by atoms with Crippen molar-refractivity contribution in [2.75, 3.05) is 14.1 Å². The highest BCUT2D eigenvalue weighted by Gasteiger charge is 2.38. The monoisotopic (exact) mass is 327 g/mol. The first-order valence-electron chi connectivity index (χ1n) is 7.72. The fourth-order valence-electron chi connectivity index (χ4n) is 3.26. The van der Waals surface area contributed by atoms with Crippen LogP contribution in [0.1, 0.15) is 31.2 Å². The lowest BCUT2D eigenvalue weighted by Crippen LogP contribution is -2.37. The molecular formula is C16H20F3N3O. The molecule has 4 nitrogen and oxygen atoms in total. The predicted octanol–water partition coefficient (Wildman–Crippen LogP) is 3.83. The molecule has 2 aromatic rings. The average Bonchev–Trinajstić information content (AvgIpc) is 2.94. The van der Waals surface area contributed by atoms with E-state index in [1.54, 1.807) is 6.07 Å². The van der Waals surface area contributed by atoms with Gasteiger partial charge in [0.1, 0.15) is 17.4 Å². The molecule has 1 N–H and O–H groups in total. The quantitative estimate of drug-likeness (QED) is 0.931. The molecule has 0 saturated heterocycles. The van der Waals surface area contributed by atoms with Crippen molar-refractivity contribution in [3.05, 3.63) is 23.9 Å². The molecule has 0 amide bonds. The summed E-state index contributed by atoms with van der Waals surface area (Å²) in [5.41, 5.74) is -0.379. The number of H-pyrrole nitrogens is 1. The molecule has 7 heteroatoms. The van der Waals surface area contributed by atoms with Crippen molar-refractivity contribution >= 4 is 10.9 Å². The highest BCUT2D eigenvalue weighted by atomic mass is 19.4. The van der Waals surface area contributed by atoms with Crippen LogP contribution in [-0.4, -0.2) is 41.3 Å². The van der Waals surface area contributed by atoms with E-state index in [4.69, 9.17) is 4.74 Å². The van der Waals surface area contributed by atoms with E-state index < -0.39 is 11.7 Å². The van der Waals surface area contributed by atoms with E-state index in [0.29, 0.717) is 11.6 Å². The Morgan fingerprint density at radius 1 is 1.26 bits per heavy atom. The van der Waals surface area contributed by atoms with Gasteiger partial charge in [-0.3, -0.25) is 5.10 Å². The largest absolute Gasteiger partial charge is 0.490 e. The maximum Gasteiger partial charge on any atom is 0.420 e. The van der Waals surface area contributed by atoms with Crippen LogP contribution < -0.4 is 4.74 Å². The predicted molar refractivity (Wildman–Crippen MR) is 81.5 cm³/mol. The number of aromatic amines is 1. The lowest BCUT2D eigenvalue weighted by atomic mass is 9.92. The Balaban J connectivity index is 1.90. The number of rotatable bonds is 3. The second kappa shape index (κ2) is 6.03. The van der Waals surface area contributed by atoms with Crippen molar-refractivity contribution in [1.82, 2.24) is 15.1 Å². The van der Waals surface area contributed by atoms with Crippen LogP contribution in [-0.2, 0) is 6.18 Å². The van der Waals surface area contributed by atoms with Gasteiger partial charge in [-0.25, -0.2) is 0 Å². The van der Waals surface area contributed by atoms with Gasteiger partial charge >= 0.3 is 6.18 Å². The second-order valence-corrected chi connectivity index (χ2v) is 6.29. The molecule has 2 unspecified atom stereocenters. The topological polar surface area (TPSA) is 41.1 Å². The first-order chi connectivity index (χ1) is 10.9. The van der Waals surface area contributed by atoms with Crippen LogP contribution in [0.3, 0.4) is 0 Å². The first kappa shape index (κ1) is 16.1. The SMILES string of the molecule is CN(C)C1CCCC(Oc2ccc3[nH]ncc3c2C(F)(F)F)C1. The third-order valence-corrected chi connectivity index (χ3v) is 4.49. The summed E-state index contributed by atoms with van der Waals surface area (Å²) >= 11 is 0. The molecule has 1 heterocycles. The fraction of sp³-hybridized carbons (Fsp3) is 0.562. The third kappa shape index (κ3) is 3.29. The number of alkyl halides is 3. The minimum absolute atomic E-state index is 0.0509. The molecule has 126 valence electrons. The highest BCUT2D eigenvalue weighted by Crippen LogP contribution is 2.41. The molecule has 0 aliphatic heterocycles. The first-order valence-corrected chi connectivity index (χ1v) is 7.72. The lowest BCUT2D eigenvalue weighted by Gasteiger charge is -2.34. The summed E-state index contributed by atoms with van der Waals surface area (Å²) in [4.78, 5) is 2.11. The van der Waals surface area contributed by atoms with E-state index in [1.807, 2.05) is 14.1 Å². The van der Waals surface area contributed by atoms with Crippen molar-refractivity contribution in [1.29, 1.82) is 0 Å². The van der Waals surface area contributed by atoms with Gasteiger partial charge in [0, 0.05) is 11.4 Å². The summed E-state index contributed by atoms with van der Waals surface area (Å²) in [6, 6.07) is 3.32. The van der Waals surface area contributed by atoms with Gasteiger partial charge in [0.15, 0.2) is 0 Å². The van der Waals surface area contributed by atoms with Gasteiger partial charge in [-0.15, -0.1) is 0 Å². The van der Waals surface area contributed by atoms with Gasteiger partial charge in [0.2, 0.25) is 0 Å². The zero-order valence-electron chi connectivity index (χ0n) is 13.2. The molecule has 2 atom stereocenters. The second-order valence-electron chi connectivity index (χ2n) is 6.29. The molecule has 1 aromatic carbocycles. The van der Waals surface area contributed by atoms with Gasteiger partial charge in [0.25, 0.3) is 0 Å². The van der Waals surface area contributed by atoms with Crippen molar-refractivity contribution in [3.8, 4) is 5.75 Å². The minimum Gasteiger partial charge on any atom is -0.490 e. The Labute approximate surface area is 132 Å². The van der Waals surface area contributed by atoms with Gasteiger partial charge < -0.3 is 9.64 Å². The number of ether oxygens (including phenoxy) is 1. The van der Waals surface area contributed by atoms with Crippen LogP contribution in [0.5, 0.6) is 5.75 Å². The molecular weight excluding hydrogens is 307 g/mol. The maximum absolute atomic E-state index is 13.5. The van der Waals surface area contributed by atoms with Gasteiger partial charge in [-0.05, 0) is 51.9 Å². The summed E-state index contributed by atoms with van der Waals surface area (Å²) in [6.45, 7) is 0. The van der Waals surface area contributed by atoms with E-state index in [-0.39, 0.29) is 17.2 Å². The van der Waals surface area contributed by atoms with Crippen LogP contribution in [0, 0.1) is 0 Å². The number of hydrogen-bond acceptors (Lipinski definition) is 3. The van der Waals surface area contributed by atoms with Crippen molar-refractivity contribution < 1.29 is 17.9 Å². The van der Waals surface area contributed by atoms with Gasteiger partial charge in [-0.1, -0.05) is 0 Å². The van der Waals surface area contributed by atoms with Crippen molar-refractivity contribution in [2.45, 2.75) is 44.0 Å². The third-order valence-electron chi connectivity index (χ3n) is 4.49. The zero-order valence-corrected chi connectivity index (χ0v) is 13.2. The molecule has 1 fully saturated rings. The smallest absolute Gasteiger partial charge is 0.420 e. The molecule has 1 aliphatic rings. The van der Waals surface area contributed by atoms with Crippen molar-refractivity contribution in [3.63, 3.8) is 0 Å². The number of nitrogens with zero attached hydrogens (tertiary/aromatic N) is 2. The maximum atomic E-state index is 13.5. The summed E-state index contributed by atoms with van der Waals surface area (Å²) in [6.07, 6.45) is 0.0751. The Bertz CT molecular complexity index is 681. The van der Waals surface area contributed by atoms with E-state index in [1.165, 1.54) is 12.3 Å². The van der Waals surface area contributed by atoms with Gasteiger partial charge in [-0.2, -0.15) is 18.3 Å². The molecule has 1 aromatic heterocycles. The summed E-state index contributed by atoms with van der Waals surface area (Å²) in [5.74, 6) is -0.101. The molecule has 23 heavy (non-hydrogen) atoms. The fourth-order valence-corrected chi connectivity index (χ4v) is 3.26. The Morgan fingerprint density at radius 3 is 2.74 bits per heavy atom. The van der Waals surface area contributed by atoms with Crippen LogP contribution in [0.4, 0.5) is 13.2 Å². The number of aromatic nitrogens is 2. The van der Waals surface area contributed by atoms with Gasteiger partial charge in [0.05, 0.1) is 11.7 Å². The number of hydrogen-bond donors (Lipinski definition) is 1. The Kier molecular flexibility index (Phi) is 4.23. The molecule has 0 radical (unpaired) electrons. The molecule has 0 bridgehead atoms. The van der Waals surface area contributed by atoms with E-state index >= 15 is 0 Å². The van der Waals surface area contributed by atoms with Crippen LogP contribution in [0.25, 0.3) is 10.9 Å². The molecule has 3 rings (SSSR count). The number of benzene rings is 1. The number of nitrogens with one attached hydrogen (secondary N) is 1. The zero-order chi connectivity index (χ0) is 16.6. The Morgan fingerprint density at radius 2 is 2.04 bits per heavy atom.